The molecule has 0 aromatic heterocycles. The highest BCUT2D eigenvalue weighted by Gasteiger charge is 2.20. The molecule has 142 valence electrons. The monoisotopic (exact) mass is 375 g/mol. The lowest BCUT2D eigenvalue weighted by atomic mass is 10.1. The van der Waals surface area contributed by atoms with Crippen LogP contribution in [-0.2, 0) is 27.2 Å². The zero-order valence-corrected chi connectivity index (χ0v) is 14.8. The number of hydrogen-bond acceptors (Lipinski definition) is 4. The maximum atomic E-state index is 13.6. The molecule has 5 nitrogen and oxygen atoms in total. The normalized spacial score (nSPS) is 13.6. The Hall–Kier alpha value is -2.96. The summed E-state index contributed by atoms with van der Waals surface area (Å²) in [5, 5.41) is 2.25. The second-order valence-corrected chi connectivity index (χ2v) is 6.32. The van der Waals surface area contributed by atoms with E-state index in [1.165, 1.54) is 18.1 Å². The molecule has 1 amide bonds. The van der Waals surface area contributed by atoms with E-state index in [9.17, 15) is 18.4 Å². The van der Waals surface area contributed by atoms with E-state index in [0.29, 0.717) is 11.8 Å². The molecular weight excluding hydrogens is 356 g/mol. The summed E-state index contributed by atoms with van der Waals surface area (Å²) >= 11 is 0. The van der Waals surface area contributed by atoms with Gasteiger partial charge in [0.25, 0.3) is 5.91 Å². The van der Waals surface area contributed by atoms with E-state index in [1.807, 2.05) is 12.1 Å². The number of carbonyl (C=O) groups excluding carboxylic acids is 2. The zero-order chi connectivity index (χ0) is 19.4. The number of fused-ring (bicyclic) bond motifs is 1. The molecule has 0 saturated carbocycles. The summed E-state index contributed by atoms with van der Waals surface area (Å²) in [6.45, 7) is 1.01. The van der Waals surface area contributed by atoms with Gasteiger partial charge in [-0.1, -0.05) is 6.07 Å². The van der Waals surface area contributed by atoms with Gasteiger partial charge in [-0.05, 0) is 61.6 Å². The first-order valence-corrected chi connectivity index (χ1v) is 8.62. The number of hydrogen-bond donors (Lipinski definition) is 1. The molecule has 2 aromatic rings. The molecule has 0 fully saturated rings. The van der Waals surface area contributed by atoms with Crippen molar-refractivity contribution in [2.45, 2.75) is 32.3 Å². The summed E-state index contributed by atoms with van der Waals surface area (Å²) in [6.07, 6.45) is 2.00. The maximum Gasteiger partial charge on any atom is 0.344 e. The van der Waals surface area contributed by atoms with Gasteiger partial charge in [0.2, 0.25) is 0 Å². The average molecular weight is 375 g/mol. The van der Waals surface area contributed by atoms with Crippen molar-refractivity contribution >= 4 is 17.6 Å². The van der Waals surface area contributed by atoms with E-state index in [4.69, 9.17) is 9.47 Å². The summed E-state index contributed by atoms with van der Waals surface area (Å²) in [5.41, 5.74) is 2.32. The summed E-state index contributed by atoms with van der Waals surface area (Å²) in [6, 6.07) is 8.44. The largest absolute Gasteiger partial charge is 0.482 e. The number of benzene rings is 2. The van der Waals surface area contributed by atoms with Crippen LogP contribution in [0, 0.1) is 11.6 Å². The van der Waals surface area contributed by atoms with Crippen molar-refractivity contribution in [2.75, 3.05) is 11.9 Å². The SMILES string of the molecule is C[C@@H](OC(=O)COc1ccc2c(c1)CCC2)C(=O)Nc1ccc(F)cc1F. The second kappa shape index (κ2) is 8.16. The van der Waals surface area contributed by atoms with Gasteiger partial charge in [-0.2, -0.15) is 0 Å². The van der Waals surface area contributed by atoms with Crippen LogP contribution >= 0.6 is 0 Å². The van der Waals surface area contributed by atoms with Crippen molar-refractivity contribution in [3.8, 4) is 5.75 Å². The summed E-state index contributed by atoms with van der Waals surface area (Å²) < 4.78 is 36.8. The molecule has 1 N–H and O–H groups in total. The Labute approximate surface area is 155 Å². The molecule has 0 saturated heterocycles. The maximum absolute atomic E-state index is 13.6. The van der Waals surface area contributed by atoms with Gasteiger partial charge in [-0.25, -0.2) is 13.6 Å². The molecule has 0 unspecified atom stereocenters. The number of carbonyl (C=O) groups is 2. The van der Waals surface area contributed by atoms with Crippen LogP contribution in [0.15, 0.2) is 36.4 Å². The number of aryl methyl sites for hydroxylation is 2. The van der Waals surface area contributed by atoms with E-state index < -0.39 is 29.6 Å². The highest BCUT2D eigenvalue weighted by molar-refractivity contribution is 5.95. The summed E-state index contributed by atoms with van der Waals surface area (Å²) in [5.74, 6) is -2.56. The predicted molar refractivity (Wildman–Crippen MR) is 94.5 cm³/mol. The van der Waals surface area contributed by atoms with Gasteiger partial charge < -0.3 is 14.8 Å². The van der Waals surface area contributed by atoms with E-state index in [-0.39, 0.29) is 12.3 Å². The lowest BCUT2D eigenvalue weighted by Crippen LogP contribution is -2.32. The molecule has 1 atom stereocenters. The lowest BCUT2D eigenvalue weighted by molar-refractivity contribution is -0.155. The third-order valence-electron chi connectivity index (χ3n) is 4.29. The number of halogens is 2. The zero-order valence-electron chi connectivity index (χ0n) is 14.8. The average Bonchev–Trinajstić information content (AvgIpc) is 3.10. The highest BCUT2D eigenvalue weighted by atomic mass is 19.1. The fourth-order valence-electron chi connectivity index (χ4n) is 2.89. The Balaban J connectivity index is 1.48. The van der Waals surface area contributed by atoms with Crippen LogP contribution in [-0.4, -0.2) is 24.6 Å². The number of anilines is 1. The summed E-state index contributed by atoms with van der Waals surface area (Å²) in [4.78, 5) is 23.9. The molecule has 0 aliphatic heterocycles. The van der Waals surface area contributed by atoms with Gasteiger partial charge in [0.05, 0.1) is 5.69 Å². The summed E-state index contributed by atoms with van der Waals surface area (Å²) in [7, 11) is 0. The number of nitrogens with one attached hydrogen (secondary N) is 1. The standard InChI is InChI=1S/C20H19F2NO4/c1-12(20(25)23-18-8-6-15(21)10-17(18)22)27-19(24)11-26-16-7-5-13-3-2-4-14(13)9-16/h5-10,12H,2-4,11H2,1H3,(H,23,25)/t12-/m1/s1. The molecule has 0 heterocycles. The van der Waals surface area contributed by atoms with Gasteiger partial charge >= 0.3 is 5.97 Å². The Morgan fingerprint density at radius 3 is 2.67 bits per heavy atom. The van der Waals surface area contributed by atoms with Crippen LogP contribution < -0.4 is 10.1 Å². The van der Waals surface area contributed by atoms with E-state index in [1.54, 1.807) is 6.07 Å². The molecule has 1 aliphatic rings. The third kappa shape index (κ3) is 4.81. The fourth-order valence-corrected chi connectivity index (χ4v) is 2.89. The first-order chi connectivity index (χ1) is 12.9. The smallest absolute Gasteiger partial charge is 0.344 e. The number of esters is 1. The highest BCUT2D eigenvalue weighted by Crippen LogP contribution is 2.26. The molecular formula is C20H19F2NO4. The number of rotatable bonds is 6. The second-order valence-electron chi connectivity index (χ2n) is 6.32. The van der Waals surface area contributed by atoms with Crippen molar-refractivity contribution in [3.05, 3.63) is 59.2 Å². The molecule has 7 heteroatoms. The first-order valence-electron chi connectivity index (χ1n) is 8.62. The van der Waals surface area contributed by atoms with Crippen LogP contribution in [0.2, 0.25) is 0 Å². The lowest BCUT2D eigenvalue weighted by Gasteiger charge is -2.14. The van der Waals surface area contributed by atoms with Crippen molar-refractivity contribution < 1.29 is 27.8 Å². The molecule has 1 aliphatic carbocycles. The van der Waals surface area contributed by atoms with Crippen molar-refractivity contribution in [2.24, 2.45) is 0 Å². The van der Waals surface area contributed by atoms with Gasteiger partial charge in [0.1, 0.15) is 17.4 Å². The minimum absolute atomic E-state index is 0.196. The third-order valence-corrected chi connectivity index (χ3v) is 4.29. The molecule has 0 bridgehead atoms. The Kier molecular flexibility index (Phi) is 5.69. The van der Waals surface area contributed by atoms with Gasteiger partial charge in [-0.3, -0.25) is 4.79 Å². The molecule has 0 radical (unpaired) electrons. The van der Waals surface area contributed by atoms with Crippen LogP contribution in [0.5, 0.6) is 5.75 Å². The van der Waals surface area contributed by atoms with Gasteiger partial charge in [0.15, 0.2) is 12.7 Å². The van der Waals surface area contributed by atoms with E-state index in [0.717, 1.165) is 31.4 Å². The minimum atomic E-state index is -1.16. The van der Waals surface area contributed by atoms with E-state index >= 15 is 0 Å². The fraction of sp³-hybridized carbons (Fsp3) is 0.300. The van der Waals surface area contributed by atoms with Gasteiger partial charge in [-0.15, -0.1) is 0 Å². The van der Waals surface area contributed by atoms with Crippen LogP contribution in [0.4, 0.5) is 14.5 Å². The quantitative estimate of drug-likeness (QED) is 0.786. The number of ether oxygens (including phenoxy) is 2. The molecule has 0 spiro atoms. The first kappa shape index (κ1) is 18.8. The minimum Gasteiger partial charge on any atom is -0.482 e. The van der Waals surface area contributed by atoms with Crippen LogP contribution in [0.25, 0.3) is 0 Å². The van der Waals surface area contributed by atoms with Crippen LogP contribution in [0.3, 0.4) is 0 Å². The van der Waals surface area contributed by atoms with Gasteiger partial charge in [0, 0.05) is 6.07 Å². The molecule has 3 rings (SSSR count). The Morgan fingerprint density at radius 2 is 1.89 bits per heavy atom. The van der Waals surface area contributed by atoms with Crippen molar-refractivity contribution in [1.29, 1.82) is 0 Å². The number of amides is 1. The molecule has 2 aromatic carbocycles. The topological polar surface area (TPSA) is 64.6 Å². The van der Waals surface area contributed by atoms with Crippen LogP contribution in [0.1, 0.15) is 24.5 Å². The molecule has 27 heavy (non-hydrogen) atoms. The Morgan fingerprint density at radius 1 is 1.11 bits per heavy atom. The predicted octanol–water partition coefficient (Wildman–Crippen LogP) is 3.40. The Bertz CT molecular complexity index is 869. The van der Waals surface area contributed by atoms with Crippen molar-refractivity contribution in [1.82, 2.24) is 0 Å². The van der Waals surface area contributed by atoms with E-state index in [2.05, 4.69) is 5.32 Å². The van der Waals surface area contributed by atoms with Crippen molar-refractivity contribution in [3.63, 3.8) is 0 Å².